The zero-order valence-corrected chi connectivity index (χ0v) is 10.8. The molecule has 0 aliphatic carbocycles. The van der Waals surface area contributed by atoms with E-state index in [2.05, 4.69) is 39.1 Å². The maximum Gasteiger partial charge on any atom is 0.122 e. The number of hydrogen-bond donors (Lipinski definition) is 1. The molecule has 0 saturated carbocycles. The molecule has 90 valence electrons. The first-order valence-electron chi connectivity index (χ1n) is 6.08. The normalized spacial score (nSPS) is 12.5. The topological polar surface area (TPSA) is 21.3 Å². The fourth-order valence-corrected chi connectivity index (χ4v) is 1.59. The lowest BCUT2D eigenvalue weighted by atomic mass is 10.1. The summed E-state index contributed by atoms with van der Waals surface area (Å²) in [4.78, 5) is 0. The summed E-state index contributed by atoms with van der Waals surface area (Å²) >= 11 is 0. The Morgan fingerprint density at radius 3 is 2.75 bits per heavy atom. The van der Waals surface area contributed by atoms with E-state index in [1.54, 1.807) is 0 Å². The Hall–Kier alpha value is -1.02. The maximum atomic E-state index is 5.91. The van der Waals surface area contributed by atoms with Gasteiger partial charge >= 0.3 is 0 Å². The van der Waals surface area contributed by atoms with E-state index in [0.29, 0.717) is 0 Å². The summed E-state index contributed by atoms with van der Waals surface area (Å²) in [6.07, 6.45) is 1.38. The van der Waals surface area contributed by atoms with Gasteiger partial charge in [0.25, 0.3) is 0 Å². The molecule has 16 heavy (non-hydrogen) atoms. The number of nitrogens with one attached hydrogen (secondary N) is 1. The van der Waals surface area contributed by atoms with Crippen LogP contribution < -0.4 is 10.1 Å². The molecule has 1 rings (SSSR count). The molecule has 0 bridgehead atoms. The zero-order chi connectivity index (χ0) is 12.0. The highest BCUT2D eigenvalue weighted by molar-refractivity contribution is 5.38. The third-order valence-electron chi connectivity index (χ3n) is 2.74. The Balaban J connectivity index is 2.49. The molecule has 2 heteroatoms. The fraction of sp³-hybridized carbons (Fsp3) is 0.571. The van der Waals surface area contributed by atoms with Crippen LogP contribution in [0.5, 0.6) is 5.75 Å². The monoisotopic (exact) mass is 221 g/mol. The molecule has 1 atom stereocenters. The molecule has 0 radical (unpaired) electrons. The molecule has 1 aromatic carbocycles. The van der Waals surface area contributed by atoms with Crippen LogP contribution in [0.3, 0.4) is 0 Å². The first-order chi connectivity index (χ1) is 7.65. The van der Waals surface area contributed by atoms with Crippen LogP contribution in [-0.2, 0) is 0 Å². The predicted molar refractivity (Wildman–Crippen MR) is 69.2 cm³/mol. The van der Waals surface area contributed by atoms with Crippen molar-refractivity contribution in [2.45, 2.75) is 40.2 Å². The Labute approximate surface area is 99.0 Å². The van der Waals surface area contributed by atoms with Crippen molar-refractivity contribution < 1.29 is 4.74 Å². The van der Waals surface area contributed by atoms with Crippen molar-refractivity contribution in [2.24, 2.45) is 0 Å². The summed E-state index contributed by atoms with van der Waals surface area (Å²) in [7, 11) is 0. The molecule has 1 unspecified atom stereocenters. The van der Waals surface area contributed by atoms with Gasteiger partial charge in [-0.3, -0.25) is 0 Å². The van der Waals surface area contributed by atoms with E-state index in [9.17, 15) is 0 Å². The molecule has 0 spiro atoms. The SMILES string of the molecule is CCCNCC(C)Oc1cccc(C)c1C. The first kappa shape index (κ1) is 13.0. The zero-order valence-electron chi connectivity index (χ0n) is 10.8. The van der Waals surface area contributed by atoms with Crippen LogP contribution in [-0.4, -0.2) is 19.2 Å². The summed E-state index contributed by atoms with van der Waals surface area (Å²) < 4.78 is 5.91. The average Bonchev–Trinajstić information content (AvgIpc) is 2.25. The van der Waals surface area contributed by atoms with E-state index < -0.39 is 0 Å². The van der Waals surface area contributed by atoms with Crippen molar-refractivity contribution in [2.75, 3.05) is 13.1 Å². The van der Waals surface area contributed by atoms with E-state index in [-0.39, 0.29) is 6.10 Å². The van der Waals surface area contributed by atoms with Crippen LogP contribution in [0.4, 0.5) is 0 Å². The highest BCUT2D eigenvalue weighted by Crippen LogP contribution is 2.21. The van der Waals surface area contributed by atoms with E-state index in [1.165, 1.54) is 11.1 Å². The van der Waals surface area contributed by atoms with Crippen LogP contribution in [0.25, 0.3) is 0 Å². The van der Waals surface area contributed by atoms with Gasteiger partial charge in [0.15, 0.2) is 0 Å². The molecule has 0 saturated heterocycles. The number of hydrogen-bond acceptors (Lipinski definition) is 2. The molecule has 0 amide bonds. The third kappa shape index (κ3) is 3.86. The molecule has 0 heterocycles. The van der Waals surface area contributed by atoms with Crippen molar-refractivity contribution in [3.8, 4) is 5.75 Å². The molecule has 0 aromatic heterocycles. The van der Waals surface area contributed by atoms with Gasteiger partial charge in [0.2, 0.25) is 0 Å². The lowest BCUT2D eigenvalue weighted by Gasteiger charge is -2.17. The van der Waals surface area contributed by atoms with E-state index in [1.807, 2.05) is 12.1 Å². The van der Waals surface area contributed by atoms with Gasteiger partial charge in [0.05, 0.1) is 0 Å². The largest absolute Gasteiger partial charge is 0.489 e. The molecule has 1 N–H and O–H groups in total. The van der Waals surface area contributed by atoms with Crippen molar-refractivity contribution >= 4 is 0 Å². The van der Waals surface area contributed by atoms with Crippen molar-refractivity contribution in [1.29, 1.82) is 0 Å². The number of benzene rings is 1. The van der Waals surface area contributed by atoms with E-state index >= 15 is 0 Å². The smallest absolute Gasteiger partial charge is 0.122 e. The minimum atomic E-state index is 0.215. The highest BCUT2D eigenvalue weighted by Gasteiger charge is 2.06. The summed E-state index contributed by atoms with van der Waals surface area (Å²) in [6.45, 7) is 10.5. The standard InChI is InChI=1S/C14H23NO/c1-5-9-15-10-12(3)16-14-8-6-7-11(2)13(14)4/h6-8,12,15H,5,9-10H2,1-4H3. The van der Waals surface area contributed by atoms with Crippen LogP contribution in [0.2, 0.25) is 0 Å². The van der Waals surface area contributed by atoms with Gasteiger partial charge in [-0.1, -0.05) is 19.1 Å². The second kappa shape index (κ2) is 6.54. The first-order valence-corrected chi connectivity index (χ1v) is 6.08. The van der Waals surface area contributed by atoms with Gasteiger partial charge < -0.3 is 10.1 Å². The second-order valence-electron chi connectivity index (χ2n) is 4.33. The van der Waals surface area contributed by atoms with Gasteiger partial charge in [-0.15, -0.1) is 0 Å². The van der Waals surface area contributed by atoms with Gasteiger partial charge in [0.1, 0.15) is 11.9 Å². The molecular weight excluding hydrogens is 198 g/mol. The number of rotatable bonds is 6. The van der Waals surface area contributed by atoms with Crippen LogP contribution in [0, 0.1) is 13.8 Å². The van der Waals surface area contributed by atoms with Gasteiger partial charge in [-0.2, -0.15) is 0 Å². The Kier molecular flexibility index (Phi) is 5.33. The predicted octanol–water partition coefficient (Wildman–Crippen LogP) is 3.07. The van der Waals surface area contributed by atoms with E-state index in [0.717, 1.165) is 25.3 Å². The molecule has 0 aliphatic rings. The minimum Gasteiger partial charge on any atom is -0.489 e. The summed E-state index contributed by atoms with van der Waals surface area (Å²) in [5.74, 6) is 1.01. The molecule has 1 aromatic rings. The molecular formula is C14H23NO. The second-order valence-corrected chi connectivity index (χ2v) is 4.33. The number of ether oxygens (including phenoxy) is 1. The van der Waals surface area contributed by atoms with Crippen LogP contribution in [0.15, 0.2) is 18.2 Å². The molecule has 0 fully saturated rings. The van der Waals surface area contributed by atoms with Crippen molar-refractivity contribution in [3.05, 3.63) is 29.3 Å². The fourth-order valence-electron chi connectivity index (χ4n) is 1.59. The lowest BCUT2D eigenvalue weighted by Crippen LogP contribution is -2.29. The summed E-state index contributed by atoms with van der Waals surface area (Å²) in [6, 6.07) is 6.20. The number of aryl methyl sites for hydroxylation is 1. The average molecular weight is 221 g/mol. The Morgan fingerprint density at radius 1 is 1.31 bits per heavy atom. The Bertz CT molecular complexity index is 323. The van der Waals surface area contributed by atoms with Gasteiger partial charge in [-0.25, -0.2) is 0 Å². The quantitative estimate of drug-likeness (QED) is 0.745. The molecule has 2 nitrogen and oxygen atoms in total. The molecule has 0 aliphatic heterocycles. The Morgan fingerprint density at radius 2 is 2.06 bits per heavy atom. The van der Waals surface area contributed by atoms with Crippen molar-refractivity contribution in [3.63, 3.8) is 0 Å². The van der Waals surface area contributed by atoms with Crippen LogP contribution >= 0.6 is 0 Å². The highest BCUT2D eigenvalue weighted by atomic mass is 16.5. The van der Waals surface area contributed by atoms with Gasteiger partial charge in [0, 0.05) is 6.54 Å². The van der Waals surface area contributed by atoms with E-state index in [4.69, 9.17) is 4.74 Å². The maximum absolute atomic E-state index is 5.91. The third-order valence-corrected chi connectivity index (χ3v) is 2.74. The summed E-state index contributed by atoms with van der Waals surface area (Å²) in [5, 5.41) is 3.36. The summed E-state index contributed by atoms with van der Waals surface area (Å²) in [5.41, 5.74) is 2.52. The van der Waals surface area contributed by atoms with Crippen LogP contribution in [0.1, 0.15) is 31.4 Å². The lowest BCUT2D eigenvalue weighted by molar-refractivity contribution is 0.216. The van der Waals surface area contributed by atoms with Crippen molar-refractivity contribution in [1.82, 2.24) is 5.32 Å². The van der Waals surface area contributed by atoms with Gasteiger partial charge in [-0.05, 0) is 50.9 Å². The minimum absolute atomic E-state index is 0.215.